The molecule has 0 bridgehead atoms. The van der Waals surface area contributed by atoms with Crippen molar-refractivity contribution in [2.75, 3.05) is 0 Å². The molecule has 0 atom stereocenters. The molecule has 0 aliphatic heterocycles. The lowest BCUT2D eigenvalue weighted by Gasteiger charge is -2.08. The lowest BCUT2D eigenvalue weighted by molar-refractivity contribution is 0.0687. The Balaban J connectivity index is 3.06. The van der Waals surface area contributed by atoms with Crippen LogP contribution in [-0.4, -0.2) is 16.2 Å². The molecule has 0 unspecified atom stereocenters. The minimum absolute atomic E-state index is 0.388. The number of aromatic hydroxyl groups is 1. The quantitative estimate of drug-likeness (QED) is 0.808. The molecule has 3 nitrogen and oxygen atoms in total. The summed E-state index contributed by atoms with van der Waals surface area (Å²) in [6, 6.07) is 3.13. The average Bonchev–Trinajstić information content (AvgIpc) is 2.25. The fraction of sp³-hybridized carbons (Fsp3) is 0. The number of carboxylic acid groups (broad SMARTS) is 1. The molecule has 0 amide bonds. The fourth-order valence-corrected chi connectivity index (χ4v) is 1.60. The van der Waals surface area contributed by atoms with E-state index in [0.717, 1.165) is 18.2 Å². The summed E-state index contributed by atoms with van der Waals surface area (Å²) in [5, 5.41) is 17.0. The van der Waals surface area contributed by atoms with Crippen molar-refractivity contribution < 1.29 is 28.2 Å². The van der Waals surface area contributed by atoms with Gasteiger partial charge in [-0.25, -0.2) is 18.0 Å². The first-order chi connectivity index (χ1) is 7.95. The van der Waals surface area contributed by atoms with Crippen LogP contribution in [-0.2, 0) is 0 Å². The summed E-state index contributed by atoms with van der Waals surface area (Å²) >= 11 is 0. The number of hydrogen-bond donors (Lipinski definition) is 2. The summed E-state index contributed by atoms with van der Waals surface area (Å²) in [6.07, 6.45) is 0. The summed E-state index contributed by atoms with van der Waals surface area (Å²) in [5.41, 5.74) is -1.21. The molecule has 2 N–H and O–H groups in total. The lowest BCUT2D eigenvalue weighted by atomic mass is 10.0. The molecule has 2 aromatic carbocycles. The molecule has 6 heteroatoms. The van der Waals surface area contributed by atoms with E-state index >= 15 is 0 Å². The third-order valence-electron chi connectivity index (χ3n) is 2.35. The highest BCUT2D eigenvalue weighted by atomic mass is 19.2. The molecule has 0 saturated carbocycles. The summed E-state index contributed by atoms with van der Waals surface area (Å²) in [7, 11) is 0. The number of phenols is 1. The highest BCUT2D eigenvalue weighted by Crippen LogP contribution is 2.34. The van der Waals surface area contributed by atoms with Crippen molar-refractivity contribution in [3.05, 3.63) is 41.2 Å². The van der Waals surface area contributed by atoms with E-state index in [0.29, 0.717) is 0 Å². The van der Waals surface area contributed by atoms with Crippen LogP contribution in [0, 0.1) is 17.5 Å². The van der Waals surface area contributed by atoms with E-state index in [9.17, 15) is 23.1 Å². The van der Waals surface area contributed by atoms with Gasteiger partial charge in [-0.15, -0.1) is 0 Å². The summed E-state index contributed by atoms with van der Waals surface area (Å²) in [4.78, 5) is 10.7. The van der Waals surface area contributed by atoms with Crippen molar-refractivity contribution in [2.45, 2.75) is 0 Å². The maximum Gasteiger partial charge on any atom is 0.342 e. The van der Waals surface area contributed by atoms with E-state index in [2.05, 4.69) is 0 Å². The molecule has 0 aliphatic carbocycles. The van der Waals surface area contributed by atoms with E-state index in [1.807, 2.05) is 0 Å². The van der Waals surface area contributed by atoms with Gasteiger partial charge < -0.3 is 10.2 Å². The van der Waals surface area contributed by atoms with Crippen molar-refractivity contribution in [2.24, 2.45) is 0 Å². The molecule has 0 fully saturated rings. The second-order valence-electron chi connectivity index (χ2n) is 3.32. The van der Waals surface area contributed by atoms with Gasteiger partial charge in [-0.2, -0.15) is 0 Å². The van der Waals surface area contributed by atoms with Gasteiger partial charge in [0.15, 0.2) is 11.6 Å². The summed E-state index contributed by atoms with van der Waals surface area (Å²) in [5.74, 6) is -7.32. The van der Waals surface area contributed by atoms with Crippen LogP contribution < -0.4 is 0 Å². The Morgan fingerprint density at radius 2 is 1.76 bits per heavy atom. The van der Waals surface area contributed by atoms with Gasteiger partial charge in [0.25, 0.3) is 0 Å². The van der Waals surface area contributed by atoms with Crippen LogP contribution >= 0.6 is 0 Å². The number of rotatable bonds is 1. The summed E-state index contributed by atoms with van der Waals surface area (Å²) in [6.45, 7) is 0. The fourth-order valence-electron chi connectivity index (χ4n) is 1.60. The lowest BCUT2D eigenvalue weighted by Crippen LogP contribution is -2.05. The third-order valence-corrected chi connectivity index (χ3v) is 2.35. The van der Waals surface area contributed by atoms with Gasteiger partial charge in [0.2, 0.25) is 0 Å². The number of carbonyl (C=O) groups is 1. The Labute approximate surface area is 92.7 Å². The van der Waals surface area contributed by atoms with E-state index < -0.39 is 40.1 Å². The standard InChI is InChI=1S/C11H5F3O3/c12-5-3-1-2-4-6(5)8(13)9(14)7(10(4)15)11(16)17/h1-3,15H,(H,16,17). The Morgan fingerprint density at radius 3 is 2.35 bits per heavy atom. The number of fused-ring (bicyclic) bond motifs is 1. The van der Waals surface area contributed by atoms with Gasteiger partial charge in [0.1, 0.15) is 17.1 Å². The van der Waals surface area contributed by atoms with E-state index in [4.69, 9.17) is 5.11 Å². The van der Waals surface area contributed by atoms with Crippen LogP contribution in [0.3, 0.4) is 0 Å². The van der Waals surface area contributed by atoms with E-state index in [-0.39, 0.29) is 5.39 Å². The largest absolute Gasteiger partial charge is 0.506 e. The molecule has 88 valence electrons. The van der Waals surface area contributed by atoms with Crippen molar-refractivity contribution in [3.63, 3.8) is 0 Å². The zero-order valence-electron chi connectivity index (χ0n) is 8.17. The molecular formula is C11H5F3O3. The molecule has 0 aliphatic rings. The third kappa shape index (κ3) is 1.49. The van der Waals surface area contributed by atoms with E-state index in [1.54, 1.807) is 0 Å². The van der Waals surface area contributed by atoms with Crippen molar-refractivity contribution >= 4 is 16.7 Å². The molecule has 0 heterocycles. The first kappa shape index (κ1) is 11.3. The second-order valence-corrected chi connectivity index (χ2v) is 3.32. The van der Waals surface area contributed by atoms with Gasteiger partial charge >= 0.3 is 5.97 Å². The predicted molar refractivity (Wildman–Crippen MR) is 52.4 cm³/mol. The van der Waals surface area contributed by atoms with Gasteiger partial charge in [-0.1, -0.05) is 12.1 Å². The molecule has 2 rings (SSSR count). The monoisotopic (exact) mass is 242 g/mol. The Kier molecular flexibility index (Phi) is 2.42. The number of aromatic carboxylic acids is 1. The van der Waals surface area contributed by atoms with Gasteiger partial charge in [0, 0.05) is 5.39 Å². The SMILES string of the molecule is O=C(O)c1c(F)c(F)c2c(F)cccc2c1O. The maximum atomic E-state index is 13.5. The maximum absolute atomic E-state index is 13.5. The molecule has 2 aromatic rings. The number of benzene rings is 2. The van der Waals surface area contributed by atoms with Crippen LogP contribution in [0.5, 0.6) is 5.75 Å². The van der Waals surface area contributed by atoms with Crippen LogP contribution in [0.1, 0.15) is 10.4 Å². The Morgan fingerprint density at radius 1 is 1.12 bits per heavy atom. The Bertz CT molecular complexity index is 638. The number of halogens is 3. The molecule has 17 heavy (non-hydrogen) atoms. The van der Waals surface area contributed by atoms with Gasteiger partial charge in [-0.05, 0) is 6.07 Å². The highest BCUT2D eigenvalue weighted by molar-refractivity contribution is 6.01. The van der Waals surface area contributed by atoms with Crippen LogP contribution in [0.25, 0.3) is 10.8 Å². The smallest absolute Gasteiger partial charge is 0.342 e. The van der Waals surface area contributed by atoms with Crippen molar-refractivity contribution in [3.8, 4) is 5.75 Å². The normalized spacial score (nSPS) is 10.8. The number of hydrogen-bond acceptors (Lipinski definition) is 2. The van der Waals surface area contributed by atoms with E-state index in [1.165, 1.54) is 0 Å². The van der Waals surface area contributed by atoms with Crippen LogP contribution in [0.15, 0.2) is 18.2 Å². The zero-order chi connectivity index (χ0) is 12.7. The first-order valence-corrected chi connectivity index (χ1v) is 4.46. The molecule has 0 radical (unpaired) electrons. The molecule has 0 saturated heterocycles. The van der Waals surface area contributed by atoms with Crippen LogP contribution in [0.2, 0.25) is 0 Å². The minimum atomic E-state index is -1.83. The zero-order valence-corrected chi connectivity index (χ0v) is 8.17. The molecular weight excluding hydrogens is 237 g/mol. The summed E-state index contributed by atoms with van der Waals surface area (Å²) < 4.78 is 40.1. The topological polar surface area (TPSA) is 57.5 Å². The second kappa shape index (κ2) is 3.65. The van der Waals surface area contributed by atoms with Crippen molar-refractivity contribution in [1.29, 1.82) is 0 Å². The average molecular weight is 242 g/mol. The highest BCUT2D eigenvalue weighted by Gasteiger charge is 2.25. The van der Waals surface area contributed by atoms with Crippen LogP contribution in [0.4, 0.5) is 13.2 Å². The van der Waals surface area contributed by atoms with Gasteiger partial charge in [-0.3, -0.25) is 0 Å². The minimum Gasteiger partial charge on any atom is -0.506 e. The predicted octanol–water partition coefficient (Wildman–Crippen LogP) is 2.66. The molecule has 0 spiro atoms. The van der Waals surface area contributed by atoms with Crippen molar-refractivity contribution in [1.82, 2.24) is 0 Å². The number of carboxylic acids is 1. The Hall–Kier alpha value is -2.24. The first-order valence-electron chi connectivity index (χ1n) is 4.46. The van der Waals surface area contributed by atoms with Gasteiger partial charge in [0.05, 0.1) is 5.39 Å². The molecule has 0 aromatic heterocycles.